The van der Waals surface area contributed by atoms with Crippen LogP contribution in [0.5, 0.6) is 0 Å². The molecule has 0 aliphatic rings. The van der Waals surface area contributed by atoms with Gasteiger partial charge in [0.1, 0.15) is 0 Å². The van der Waals surface area contributed by atoms with Crippen LogP contribution in [-0.2, 0) is 16.5 Å². The van der Waals surface area contributed by atoms with Gasteiger partial charge in [0.05, 0.1) is 0 Å². The monoisotopic (exact) mass is 200 g/mol. The molecule has 0 aromatic rings. The van der Waals surface area contributed by atoms with Gasteiger partial charge in [0, 0.05) is 0 Å². The van der Waals surface area contributed by atoms with E-state index in [1.807, 2.05) is 0 Å². The number of hydrogen-bond acceptors (Lipinski definition) is 0. The first kappa shape index (κ1) is 16.4. The Morgan fingerprint density at radius 1 is 1.00 bits per heavy atom. The molecule has 0 aliphatic carbocycles. The van der Waals surface area contributed by atoms with Gasteiger partial charge in [-0.1, -0.05) is 0 Å². The Balaban J connectivity index is -0.0000000200. The van der Waals surface area contributed by atoms with Crippen molar-refractivity contribution in [2.45, 2.75) is 0 Å². The van der Waals surface area contributed by atoms with E-state index in [1.54, 1.807) is 0 Å². The summed E-state index contributed by atoms with van der Waals surface area (Å²) >= 11 is -0.586. The van der Waals surface area contributed by atoms with Crippen molar-refractivity contribution >= 4 is 18.8 Å². The summed E-state index contributed by atoms with van der Waals surface area (Å²) in [5.41, 5.74) is 0. The third-order valence-corrected chi connectivity index (χ3v) is 0. The van der Waals surface area contributed by atoms with Gasteiger partial charge in [0.2, 0.25) is 0 Å². The summed E-state index contributed by atoms with van der Waals surface area (Å²) in [6, 6.07) is 0. The van der Waals surface area contributed by atoms with Crippen LogP contribution in [-0.4, -0.2) is 0 Å². The second-order valence-electron chi connectivity index (χ2n) is 0.0583. The molecular formula is H4Cl2MoN2-2. The van der Waals surface area contributed by atoms with Gasteiger partial charge in [-0.25, -0.2) is 0 Å². The fourth-order valence-corrected chi connectivity index (χ4v) is 0. The third-order valence-electron chi connectivity index (χ3n) is 0. The van der Waals surface area contributed by atoms with Gasteiger partial charge in [-0.2, -0.15) is 0 Å². The van der Waals surface area contributed by atoms with Crippen molar-refractivity contribution in [2.75, 3.05) is 0 Å². The fourth-order valence-electron chi connectivity index (χ4n) is 0. The SMILES string of the molecule is [Cl][Mo][Cl].[NH2-].[NH2-]. The van der Waals surface area contributed by atoms with E-state index in [1.165, 1.54) is 0 Å². The molecule has 0 bridgehead atoms. The molecule has 0 rings (SSSR count). The van der Waals surface area contributed by atoms with Crippen molar-refractivity contribution in [3.05, 3.63) is 12.3 Å². The van der Waals surface area contributed by atoms with Crippen molar-refractivity contribution in [1.29, 1.82) is 0 Å². The molecule has 0 radical (unpaired) electrons. The quantitative estimate of drug-likeness (QED) is 0.538. The zero-order valence-electron chi connectivity index (χ0n) is 2.32. The number of hydrogen-bond donors (Lipinski definition) is 0. The smallest absolute Gasteiger partial charge is 0.693 e. The summed E-state index contributed by atoms with van der Waals surface area (Å²) in [6.45, 7) is 0. The van der Waals surface area contributed by atoms with Gasteiger partial charge in [0.25, 0.3) is 0 Å². The van der Waals surface area contributed by atoms with Crippen LogP contribution in [0.3, 0.4) is 0 Å². The van der Waals surface area contributed by atoms with Crippen molar-refractivity contribution in [3.63, 3.8) is 0 Å². The fraction of sp³-hybridized carbons (Fsp3) is 0. The minimum atomic E-state index is -0.586. The molecular weight excluding hydrogens is 195 g/mol. The summed E-state index contributed by atoms with van der Waals surface area (Å²) in [7, 11) is 9.79. The van der Waals surface area contributed by atoms with E-state index in [-0.39, 0.29) is 12.3 Å². The maximum Gasteiger partial charge on any atom is -0.693 e. The van der Waals surface area contributed by atoms with Crippen LogP contribution >= 0.6 is 18.8 Å². The molecule has 0 heterocycles. The molecule has 0 aromatic heterocycles. The predicted octanol–water partition coefficient (Wildman–Crippen LogP) is 2.81. The minimum absolute atomic E-state index is 0. The Bertz CT molecular complexity index is 7.61. The number of rotatable bonds is 0. The van der Waals surface area contributed by atoms with Crippen LogP contribution in [0.4, 0.5) is 0 Å². The van der Waals surface area contributed by atoms with Gasteiger partial charge in [-0.3, -0.25) is 0 Å². The zero-order valence-corrected chi connectivity index (χ0v) is 5.84. The molecule has 0 unspecified atom stereocenters. The van der Waals surface area contributed by atoms with Gasteiger partial charge in [-0.05, 0) is 0 Å². The minimum Gasteiger partial charge on any atom is -0.693 e. The van der Waals surface area contributed by atoms with E-state index in [0.717, 1.165) is 0 Å². The Morgan fingerprint density at radius 2 is 1.00 bits per heavy atom. The topological polar surface area (TPSA) is 67.0 Å². The Kier molecular flexibility index (Phi) is 62.3. The third kappa shape index (κ3) is 37.3. The van der Waals surface area contributed by atoms with E-state index in [0.29, 0.717) is 0 Å². The molecule has 5 heteroatoms. The summed E-state index contributed by atoms with van der Waals surface area (Å²) in [6.07, 6.45) is 0. The van der Waals surface area contributed by atoms with Crippen LogP contribution in [0.2, 0.25) is 0 Å². The molecule has 36 valence electrons. The number of halogens is 2. The van der Waals surface area contributed by atoms with Gasteiger partial charge >= 0.3 is 35.3 Å². The molecule has 0 aliphatic heterocycles. The van der Waals surface area contributed by atoms with Crippen LogP contribution in [0.15, 0.2) is 0 Å². The summed E-state index contributed by atoms with van der Waals surface area (Å²) in [5, 5.41) is 0. The van der Waals surface area contributed by atoms with E-state index in [9.17, 15) is 0 Å². The first-order chi connectivity index (χ1) is 1.41. The first-order valence-electron chi connectivity index (χ1n) is 0.309. The Morgan fingerprint density at radius 3 is 1.00 bits per heavy atom. The van der Waals surface area contributed by atoms with Crippen LogP contribution in [0.25, 0.3) is 12.3 Å². The molecule has 4 N–H and O–H groups in total. The van der Waals surface area contributed by atoms with E-state index in [4.69, 9.17) is 18.8 Å². The van der Waals surface area contributed by atoms with Gasteiger partial charge in [0.15, 0.2) is 0 Å². The average Bonchev–Trinajstić information content (AvgIpc) is 0.918. The van der Waals surface area contributed by atoms with E-state index < -0.39 is 16.5 Å². The van der Waals surface area contributed by atoms with Gasteiger partial charge < -0.3 is 12.3 Å². The van der Waals surface area contributed by atoms with Gasteiger partial charge in [-0.15, -0.1) is 0 Å². The maximum atomic E-state index is 4.89. The molecule has 0 atom stereocenters. The second-order valence-corrected chi connectivity index (χ2v) is 3.11. The second kappa shape index (κ2) is 19.0. The molecule has 0 amide bonds. The van der Waals surface area contributed by atoms with Crippen LogP contribution < -0.4 is 0 Å². The molecule has 0 aromatic carbocycles. The van der Waals surface area contributed by atoms with E-state index >= 15 is 0 Å². The summed E-state index contributed by atoms with van der Waals surface area (Å²) in [5.74, 6) is 0. The molecule has 2 nitrogen and oxygen atoms in total. The van der Waals surface area contributed by atoms with Crippen molar-refractivity contribution in [2.24, 2.45) is 0 Å². The maximum absolute atomic E-state index is 4.89. The first-order valence-corrected chi connectivity index (χ1v) is 5.48. The van der Waals surface area contributed by atoms with E-state index in [2.05, 4.69) is 0 Å². The van der Waals surface area contributed by atoms with Crippen LogP contribution in [0.1, 0.15) is 0 Å². The van der Waals surface area contributed by atoms with Crippen molar-refractivity contribution in [3.8, 4) is 0 Å². The van der Waals surface area contributed by atoms with Crippen molar-refractivity contribution in [1.82, 2.24) is 0 Å². The number of nitrogens with two attached hydrogens (primary N) is 2. The molecule has 0 saturated carbocycles. The molecule has 5 heavy (non-hydrogen) atoms. The molecule has 0 saturated heterocycles. The standard InChI is InChI=1S/2ClH.Mo.2H2N/h2*1H;;2*1H2/q;;+2;2*-1/p-2. The van der Waals surface area contributed by atoms with Crippen molar-refractivity contribution < 1.29 is 16.5 Å². The summed E-state index contributed by atoms with van der Waals surface area (Å²) < 4.78 is 0. The average molecular weight is 199 g/mol. The molecule has 0 spiro atoms. The summed E-state index contributed by atoms with van der Waals surface area (Å²) in [4.78, 5) is 0. The predicted molar refractivity (Wildman–Crippen MR) is 22.3 cm³/mol. The molecule has 0 fully saturated rings. The normalized spacial score (nSPS) is 3.60. The largest absolute Gasteiger partial charge is 0.693 e. The van der Waals surface area contributed by atoms with Crippen LogP contribution in [0, 0.1) is 0 Å². The zero-order chi connectivity index (χ0) is 2.71. The Labute approximate surface area is 47.8 Å². The Hall–Kier alpha value is 1.19.